The molecule has 7 heteroatoms. The van der Waals surface area contributed by atoms with E-state index >= 15 is 0 Å². The molecule has 0 aliphatic heterocycles. The Balaban J connectivity index is 2.60. The SMILES string of the molecule is O=C(O)CCc1c(C(=O)O)[nH]c2c[nH]c(=O)cc12. The molecule has 18 heavy (non-hydrogen) atoms. The van der Waals surface area contributed by atoms with E-state index < -0.39 is 11.9 Å². The second-order valence-corrected chi connectivity index (χ2v) is 3.80. The van der Waals surface area contributed by atoms with Gasteiger partial charge in [0.1, 0.15) is 5.69 Å². The molecular weight excluding hydrogens is 240 g/mol. The van der Waals surface area contributed by atoms with Gasteiger partial charge in [0.15, 0.2) is 0 Å². The number of carbonyl (C=O) groups is 2. The molecule has 4 N–H and O–H groups in total. The van der Waals surface area contributed by atoms with Gasteiger partial charge < -0.3 is 20.2 Å². The summed E-state index contributed by atoms with van der Waals surface area (Å²) in [5.41, 5.74) is 0.360. The maximum atomic E-state index is 11.2. The molecule has 0 radical (unpaired) electrons. The fourth-order valence-electron chi connectivity index (χ4n) is 1.84. The molecule has 0 aliphatic carbocycles. The van der Waals surface area contributed by atoms with Gasteiger partial charge in [-0.15, -0.1) is 0 Å². The van der Waals surface area contributed by atoms with Crippen molar-refractivity contribution >= 4 is 22.8 Å². The number of aliphatic carboxylic acids is 1. The number of H-pyrrole nitrogens is 2. The number of hydrogen-bond acceptors (Lipinski definition) is 3. The summed E-state index contributed by atoms with van der Waals surface area (Å²) >= 11 is 0. The van der Waals surface area contributed by atoms with Crippen LogP contribution in [0.15, 0.2) is 17.1 Å². The lowest BCUT2D eigenvalue weighted by Crippen LogP contribution is -2.05. The van der Waals surface area contributed by atoms with E-state index in [4.69, 9.17) is 10.2 Å². The Labute approximate surface area is 100 Å². The van der Waals surface area contributed by atoms with Crippen molar-refractivity contribution in [3.8, 4) is 0 Å². The first kappa shape index (κ1) is 11.9. The van der Waals surface area contributed by atoms with Gasteiger partial charge in [0.25, 0.3) is 0 Å². The zero-order valence-electron chi connectivity index (χ0n) is 9.19. The summed E-state index contributed by atoms with van der Waals surface area (Å²) in [4.78, 5) is 37.9. The summed E-state index contributed by atoms with van der Waals surface area (Å²) in [6.45, 7) is 0. The first-order valence-electron chi connectivity index (χ1n) is 5.17. The van der Waals surface area contributed by atoms with E-state index in [0.717, 1.165) is 0 Å². The molecule has 0 saturated carbocycles. The highest BCUT2D eigenvalue weighted by molar-refractivity contribution is 5.97. The van der Waals surface area contributed by atoms with Crippen LogP contribution in [0.25, 0.3) is 10.9 Å². The summed E-state index contributed by atoms with van der Waals surface area (Å²) in [5.74, 6) is -2.20. The number of aromatic amines is 2. The fraction of sp³-hybridized carbons (Fsp3) is 0.182. The number of pyridine rings is 1. The van der Waals surface area contributed by atoms with Crippen LogP contribution in [0.4, 0.5) is 0 Å². The Morgan fingerprint density at radius 2 is 2.00 bits per heavy atom. The van der Waals surface area contributed by atoms with Gasteiger partial charge in [0, 0.05) is 24.1 Å². The standard InChI is InChI=1S/C11H10N2O5/c14-8-3-6-5(1-2-9(15)16)10(11(17)18)13-7(6)4-12-8/h3-4,13H,1-2H2,(H,12,14)(H,15,16)(H,17,18). The Kier molecular flexibility index (Phi) is 2.88. The quantitative estimate of drug-likeness (QED) is 0.631. The average Bonchev–Trinajstić information content (AvgIpc) is 2.64. The van der Waals surface area contributed by atoms with Crippen molar-refractivity contribution in [2.24, 2.45) is 0 Å². The Bertz CT molecular complexity index is 682. The van der Waals surface area contributed by atoms with E-state index in [2.05, 4.69) is 9.97 Å². The van der Waals surface area contributed by atoms with Crippen molar-refractivity contribution < 1.29 is 19.8 Å². The molecule has 2 aromatic rings. The molecule has 0 saturated heterocycles. The number of nitrogens with one attached hydrogen (secondary N) is 2. The molecule has 2 aromatic heterocycles. The van der Waals surface area contributed by atoms with Crippen LogP contribution in [0.3, 0.4) is 0 Å². The summed E-state index contributed by atoms with van der Waals surface area (Å²) < 4.78 is 0. The third kappa shape index (κ3) is 2.10. The highest BCUT2D eigenvalue weighted by Crippen LogP contribution is 2.22. The Hall–Kier alpha value is -2.57. The first-order valence-corrected chi connectivity index (χ1v) is 5.17. The number of hydrogen-bond donors (Lipinski definition) is 4. The van der Waals surface area contributed by atoms with Gasteiger partial charge in [-0.2, -0.15) is 0 Å². The van der Waals surface area contributed by atoms with Crippen LogP contribution < -0.4 is 5.56 Å². The van der Waals surface area contributed by atoms with Crippen molar-refractivity contribution in [2.75, 3.05) is 0 Å². The van der Waals surface area contributed by atoms with E-state index in [1.165, 1.54) is 12.3 Å². The largest absolute Gasteiger partial charge is 0.481 e. The number of fused-ring (bicyclic) bond motifs is 1. The summed E-state index contributed by atoms with van der Waals surface area (Å²) in [6, 6.07) is 1.26. The molecule has 0 amide bonds. The van der Waals surface area contributed by atoms with Crippen molar-refractivity contribution in [2.45, 2.75) is 12.8 Å². The van der Waals surface area contributed by atoms with E-state index in [1.54, 1.807) is 0 Å². The van der Waals surface area contributed by atoms with Crippen LogP contribution in [0.2, 0.25) is 0 Å². The van der Waals surface area contributed by atoms with Crippen molar-refractivity contribution in [1.29, 1.82) is 0 Å². The van der Waals surface area contributed by atoms with Gasteiger partial charge in [0.05, 0.1) is 5.52 Å². The maximum Gasteiger partial charge on any atom is 0.352 e. The number of carboxylic acids is 2. The molecule has 2 heterocycles. The number of aromatic carboxylic acids is 1. The zero-order chi connectivity index (χ0) is 13.3. The van der Waals surface area contributed by atoms with Crippen LogP contribution in [0, 0.1) is 0 Å². The topological polar surface area (TPSA) is 123 Å². The highest BCUT2D eigenvalue weighted by atomic mass is 16.4. The highest BCUT2D eigenvalue weighted by Gasteiger charge is 2.17. The lowest BCUT2D eigenvalue weighted by molar-refractivity contribution is -0.136. The Morgan fingerprint density at radius 1 is 1.28 bits per heavy atom. The lowest BCUT2D eigenvalue weighted by atomic mass is 10.1. The van der Waals surface area contributed by atoms with Crippen LogP contribution in [0.1, 0.15) is 22.5 Å². The smallest absolute Gasteiger partial charge is 0.352 e. The summed E-state index contributed by atoms with van der Waals surface area (Å²) in [7, 11) is 0. The monoisotopic (exact) mass is 250 g/mol. The van der Waals surface area contributed by atoms with E-state index in [1.807, 2.05) is 0 Å². The van der Waals surface area contributed by atoms with Crippen molar-refractivity contribution in [3.63, 3.8) is 0 Å². The van der Waals surface area contributed by atoms with E-state index in [0.29, 0.717) is 16.5 Å². The zero-order valence-corrected chi connectivity index (χ0v) is 9.19. The molecule has 0 bridgehead atoms. The summed E-state index contributed by atoms with van der Waals surface area (Å²) in [5, 5.41) is 18.1. The number of rotatable bonds is 4. The predicted molar refractivity (Wildman–Crippen MR) is 61.8 cm³/mol. The van der Waals surface area contributed by atoms with Gasteiger partial charge in [-0.05, 0) is 12.0 Å². The molecule has 0 fully saturated rings. The van der Waals surface area contributed by atoms with Gasteiger partial charge in [-0.1, -0.05) is 0 Å². The molecule has 7 nitrogen and oxygen atoms in total. The molecule has 0 aromatic carbocycles. The minimum absolute atomic E-state index is 0.0560. The minimum Gasteiger partial charge on any atom is -0.481 e. The van der Waals surface area contributed by atoms with E-state index in [-0.39, 0.29) is 24.1 Å². The molecule has 0 atom stereocenters. The molecule has 2 rings (SSSR count). The second-order valence-electron chi connectivity index (χ2n) is 3.80. The van der Waals surface area contributed by atoms with E-state index in [9.17, 15) is 14.4 Å². The third-order valence-electron chi connectivity index (χ3n) is 2.61. The normalized spacial score (nSPS) is 10.7. The van der Waals surface area contributed by atoms with Crippen LogP contribution >= 0.6 is 0 Å². The summed E-state index contributed by atoms with van der Waals surface area (Å²) in [6.07, 6.45) is 1.23. The third-order valence-corrected chi connectivity index (χ3v) is 2.61. The predicted octanol–water partition coefficient (Wildman–Crippen LogP) is 0.572. The molecule has 0 spiro atoms. The van der Waals surface area contributed by atoms with Gasteiger partial charge in [-0.3, -0.25) is 9.59 Å². The number of aromatic nitrogens is 2. The Morgan fingerprint density at radius 3 is 2.61 bits per heavy atom. The van der Waals surface area contributed by atoms with Crippen LogP contribution in [0.5, 0.6) is 0 Å². The molecule has 94 valence electrons. The average molecular weight is 250 g/mol. The maximum absolute atomic E-state index is 11.2. The molecule has 0 aliphatic rings. The van der Waals surface area contributed by atoms with Crippen LogP contribution in [-0.4, -0.2) is 32.1 Å². The molecular formula is C11H10N2O5. The number of aryl methyl sites for hydroxylation is 1. The minimum atomic E-state index is -1.18. The first-order chi connectivity index (χ1) is 8.49. The van der Waals surface area contributed by atoms with Gasteiger partial charge in [-0.25, -0.2) is 4.79 Å². The van der Waals surface area contributed by atoms with Gasteiger partial charge >= 0.3 is 11.9 Å². The second kappa shape index (κ2) is 4.36. The lowest BCUT2D eigenvalue weighted by Gasteiger charge is -1.98. The van der Waals surface area contributed by atoms with Gasteiger partial charge in [0.2, 0.25) is 5.56 Å². The molecule has 0 unspecified atom stereocenters. The number of carboxylic acid groups (broad SMARTS) is 2. The van der Waals surface area contributed by atoms with Crippen LogP contribution in [-0.2, 0) is 11.2 Å². The van der Waals surface area contributed by atoms with Crippen molar-refractivity contribution in [3.05, 3.63) is 33.9 Å². The van der Waals surface area contributed by atoms with Crippen molar-refractivity contribution in [1.82, 2.24) is 9.97 Å². The fourth-order valence-corrected chi connectivity index (χ4v) is 1.84.